The zero-order chi connectivity index (χ0) is 27.7. The van der Waals surface area contributed by atoms with E-state index >= 15 is 0 Å². The molecule has 3 aromatic carbocycles. The summed E-state index contributed by atoms with van der Waals surface area (Å²) in [5.74, 6) is 0.150. The van der Waals surface area contributed by atoms with Crippen molar-refractivity contribution in [1.82, 2.24) is 10.2 Å². The van der Waals surface area contributed by atoms with Gasteiger partial charge in [-0.1, -0.05) is 79.0 Å². The lowest BCUT2D eigenvalue weighted by Crippen LogP contribution is -2.51. The molecule has 3 rings (SSSR count). The lowest BCUT2D eigenvalue weighted by molar-refractivity contribution is -0.142. The third-order valence-corrected chi connectivity index (χ3v) is 7.16. The van der Waals surface area contributed by atoms with Gasteiger partial charge in [0.1, 0.15) is 11.8 Å². The number of ether oxygens (including phenoxy) is 1. The molecule has 0 spiro atoms. The molecule has 1 unspecified atom stereocenters. The molecule has 0 aliphatic carbocycles. The van der Waals surface area contributed by atoms with Crippen molar-refractivity contribution < 1.29 is 14.3 Å². The second kappa shape index (κ2) is 14.2. The summed E-state index contributed by atoms with van der Waals surface area (Å²) in [7, 11) is 0. The molecular weight excluding hydrogens is 519 g/mol. The average Bonchev–Trinajstić information content (AvgIpc) is 2.89. The second-order valence-corrected chi connectivity index (χ2v) is 10.4. The zero-order valence-corrected chi connectivity index (χ0v) is 24.0. The summed E-state index contributed by atoms with van der Waals surface area (Å²) in [4.78, 5) is 28.9. The van der Waals surface area contributed by atoms with E-state index in [-0.39, 0.29) is 25.0 Å². The number of rotatable bonds is 12. The Morgan fingerprint density at radius 1 is 1.00 bits per heavy atom. The van der Waals surface area contributed by atoms with E-state index in [1.54, 1.807) is 23.1 Å². The molecule has 0 heterocycles. The van der Waals surface area contributed by atoms with Crippen molar-refractivity contribution in [3.63, 3.8) is 0 Å². The first kappa shape index (κ1) is 29.5. The topological polar surface area (TPSA) is 58.6 Å². The van der Waals surface area contributed by atoms with Crippen molar-refractivity contribution >= 4 is 35.0 Å². The van der Waals surface area contributed by atoms with Crippen LogP contribution in [0, 0.1) is 20.8 Å². The van der Waals surface area contributed by atoms with Gasteiger partial charge in [0, 0.05) is 29.6 Å². The minimum Gasteiger partial charge on any atom is -0.483 e. The van der Waals surface area contributed by atoms with E-state index in [2.05, 4.69) is 18.3 Å². The van der Waals surface area contributed by atoms with Gasteiger partial charge < -0.3 is 15.0 Å². The van der Waals surface area contributed by atoms with Crippen LogP contribution in [0.1, 0.15) is 47.6 Å². The Labute approximate surface area is 236 Å². The van der Waals surface area contributed by atoms with Gasteiger partial charge in [-0.3, -0.25) is 9.59 Å². The van der Waals surface area contributed by atoms with Gasteiger partial charge in [0.2, 0.25) is 5.91 Å². The Morgan fingerprint density at radius 3 is 2.42 bits per heavy atom. The fourth-order valence-electron chi connectivity index (χ4n) is 4.27. The molecule has 38 heavy (non-hydrogen) atoms. The largest absolute Gasteiger partial charge is 0.483 e. The van der Waals surface area contributed by atoms with Gasteiger partial charge in [0.15, 0.2) is 6.61 Å². The predicted octanol–water partition coefficient (Wildman–Crippen LogP) is 6.85. The summed E-state index contributed by atoms with van der Waals surface area (Å²) in [5.41, 5.74) is 4.78. The number of unbranched alkanes of at least 4 members (excludes halogenated alkanes) is 1. The van der Waals surface area contributed by atoms with E-state index < -0.39 is 6.04 Å². The number of carbonyl (C=O) groups excluding carboxylic acids is 2. The fraction of sp³-hybridized carbons (Fsp3) is 0.355. The third-order valence-electron chi connectivity index (χ3n) is 6.57. The molecule has 0 saturated carbocycles. The van der Waals surface area contributed by atoms with Crippen LogP contribution in [0.2, 0.25) is 10.0 Å². The Kier molecular flexibility index (Phi) is 11.1. The smallest absolute Gasteiger partial charge is 0.261 e. The number of hydrogen-bond acceptors (Lipinski definition) is 3. The van der Waals surface area contributed by atoms with E-state index in [9.17, 15) is 9.59 Å². The van der Waals surface area contributed by atoms with Crippen molar-refractivity contribution in [2.75, 3.05) is 13.2 Å². The first-order valence-electron chi connectivity index (χ1n) is 12.9. The molecule has 5 nitrogen and oxygen atoms in total. The molecule has 0 aromatic heterocycles. The molecular formula is C31H36Cl2N2O3. The highest BCUT2D eigenvalue weighted by molar-refractivity contribution is 6.35. The van der Waals surface area contributed by atoms with Gasteiger partial charge in [0.25, 0.3) is 5.91 Å². The highest BCUT2D eigenvalue weighted by atomic mass is 35.5. The third kappa shape index (κ3) is 8.24. The molecule has 3 aromatic rings. The van der Waals surface area contributed by atoms with Gasteiger partial charge in [-0.05, 0) is 73.2 Å². The molecule has 7 heteroatoms. The van der Waals surface area contributed by atoms with E-state index in [1.807, 2.05) is 57.2 Å². The van der Waals surface area contributed by atoms with Crippen LogP contribution in [0.3, 0.4) is 0 Å². The molecule has 0 bridgehead atoms. The van der Waals surface area contributed by atoms with Crippen molar-refractivity contribution in [3.8, 4) is 5.75 Å². The lowest BCUT2D eigenvalue weighted by atomic mass is 10.0. The van der Waals surface area contributed by atoms with Gasteiger partial charge in [-0.25, -0.2) is 0 Å². The van der Waals surface area contributed by atoms with Crippen LogP contribution in [0.25, 0.3) is 0 Å². The molecule has 0 aliphatic heterocycles. The van der Waals surface area contributed by atoms with Crippen LogP contribution in [-0.4, -0.2) is 35.9 Å². The van der Waals surface area contributed by atoms with Crippen LogP contribution >= 0.6 is 23.2 Å². The van der Waals surface area contributed by atoms with Gasteiger partial charge in [0.05, 0.1) is 0 Å². The van der Waals surface area contributed by atoms with Crippen LogP contribution < -0.4 is 10.1 Å². The molecule has 0 saturated heterocycles. The summed E-state index contributed by atoms with van der Waals surface area (Å²) in [5, 5.41) is 3.96. The Balaban J connectivity index is 1.95. The maximum Gasteiger partial charge on any atom is 0.261 e. The van der Waals surface area contributed by atoms with Gasteiger partial charge in [-0.2, -0.15) is 0 Å². The Morgan fingerprint density at radius 2 is 1.74 bits per heavy atom. The highest BCUT2D eigenvalue weighted by Crippen LogP contribution is 2.26. The standard InChI is InChI=1S/C31H36Cl2N2O3/c1-5-6-14-34-31(37)28(17-24-10-8-7-9-11-24)35(19-25-12-13-26(32)18-27(25)33)30(36)20-38-29-16-21(2)15-22(3)23(29)4/h7-13,15-16,18,28H,5-6,14,17,19-20H2,1-4H3,(H,34,37). The Bertz CT molecular complexity index is 1250. The number of nitrogens with one attached hydrogen (secondary N) is 1. The molecule has 202 valence electrons. The number of aryl methyl sites for hydroxylation is 2. The number of nitrogens with zero attached hydrogens (tertiary/aromatic N) is 1. The summed E-state index contributed by atoms with van der Waals surface area (Å²) >= 11 is 12.6. The van der Waals surface area contributed by atoms with E-state index in [0.717, 1.165) is 35.1 Å². The summed E-state index contributed by atoms with van der Waals surface area (Å²) in [6.45, 7) is 8.53. The van der Waals surface area contributed by atoms with E-state index in [0.29, 0.717) is 34.3 Å². The predicted molar refractivity (Wildman–Crippen MR) is 155 cm³/mol. The minimum absolute atomic E-state index is 0.142. The van der Waals surface area contributed by atoms with Crippen LogP contribution in [0.4, 0.5) is 0 Å². The van der Waals surface area contributed by atoms with Crippen LogP contribution in [0.15, 0.2) is 60.7 Å². The second-order valence-electron chi connectivity index (χ2n) is 9.60. The number of hydrogen-bond donors (Lipinski definition) is 1. The number of benzene rings is 3. The Hall–Kier alpha value is -3.02. The first-order chi connectivity index (χ1) is 18.2. The maximum atomic E-state index is 13.8. The number of amides is 2. The fourth-order valence-corrected chi connectivity index (χ4v) is 4.73. The van der Waals surface area contributed by atoms with Crippen LogP contribution in [0.5, 0.6) is 5.75 Å². The summed E-state index contributed by atoms with van der Waals surface area (Å²) < 4.78 is 6.03. The highest BCUT2D eigenvalue weighted by Gasteiger charge is 2.31. The first-order valence-corrected chi connectivity index (χ1v) is 13.7. The van der Waals surface area contributed by atoms with Crippen molar-refractivity contribution in [1.29, 1.82) is 0 Å². The number of halogens is 2. The zero-order valence-electron chi connectivity index (χ0n) is 22.5. The maximum absolute atomic E-state index is 13.8. The normalized spacial score (nSPS) is 11.6. The molecule has 0 radical (unpaired) electrons. The SMILES string of the molecule is CCCCNC(=O)C(Cc1ccccc1)N(Cc1ccc(Cl)cc1Cl)C(=O)COc1cc(C)cc(C)c1C. The summed E-state index contributed by atoms with van der Waals surface area (Å²) in [6, 6.07) is 18.1. The molecule has 0 aliphatic rings. The number of carbonyl (C=O) groups is 2. The van der Waals surface area contributed by atoms with Gasteiger partial charge in [-0.15, -0.1) is 0 Å². The van der Waals surface area contributed by atoms with E-state index in [4.69, 9.17) is 27.9 Å². The van der Waals surface area contributed by atoms with Gasteiger partial charge >= 0.3 is 0 Å². The molecule has 1 atom stereocenters. The summed E-state index contributed by atoms with van der Waals surface area (Å²) in [6.07, 6.45) is 2.17. The minimum atomic E-state index is -0.752. The quantitative estimate of drug-likeness (QED) is 0.249. The monoisotopic (exact) mass is 554 g/mol. The van der Waals surface area contributed by atoms with Crippen LogP contribution in [-0.2, 0) is 22.6 Å². The molecule has 2 amide bonds. The lowest BCUT2D eigenvalue weighted by Gasteiger charge is -2.32. The molecule has 1 N–H and O–H groups in total. The van der Waals surface area contributed by atoms with Crippen molar-refractivity contribution in [2.24, 2.45) is 0 Å². The van der Waals surface area contributed by atoms with E-state index in [1.165, 1.54) is 0 Å². The van der Waals surface area contributed by atoms with Crippen molar-refractivity contribution in [3.05, 3.63) is 98.5 Å². The molecule has 0 fully saturated rings. The average molecular weight is 556 g/mol. The van der Waals surface area contributed by atoms with Crippen molar-refractivity contribution in [2.45, 2.75) is 59.5 Å².